The second-order valence-corrected chi connectivity index (χ2v) is 7.41. The SMILES string of the molecule is O=C(NC1CCCC1)C1(Nc2ccc3[nH]ncc3c2)N=CNc2ccccc21. The van der Waals surface area contributed by atoms with Crippen molar-refractivity contribution in [3.63, 3.8) is 0 Å². The number of hydrogen-bond acceptors (Lipinski definition) is 5. The normalized spacial score (nSPS) is 21.3. The van der Waals surface area contributed by atoms with Gasteiger partial charge in [0.05, 0.1) is 18.1 Å². The van der Waals surface area contributed by atoms with Crippen molar-refractivity contribution in [1.29, 1.82) is 0 Å². The number of benzene rings is 2. The molecule has 1 aliphatic carbocycles. The summed E-state index contributed by atoms with van der Waals surface area (Å²) < 4.78 is 0. The van der Waals surface area contributed by atoms with Crippen LogP contribution in [0.3, 0.4) is 0 Å². The van der Waals surface area contributed by atoms with Gasteiger partial charge in [-0.1, -0.05) is 31.0 Å². The average Bonchev–Trinajstić information content (AvgIpc) is 3.39. The van der Waals surface area contributed by atoms with Crippen molar-refractivity contribution in [2.45, 2.75) is 37.4 Å². The first kappa shape index (κ1) is 16.8. The van der Waals surface area contributed by atoms with Gasteiger partial charge >= 0.3 is 0 Å². The van der Waals surface area contributed by atoms with E-state index in [4.69, 9.17) is 0 Å². The number of aromatic amines is 1. The molecule has 0 saturated heterocycles. The molecular formula is C21H22N6O. The highest BCUT2D eigenvalue weighted by atomic mass is 16.2. The van der Waals surface area contributed by atoms with Gasteiger partial charge < -0.3 is 16.0 Å². The van der Waals surface area contributed by atoms with Gasteiger partial charge in [0.1, 0.15) is 0 Å². The van der Waals surface area contributed by atoms with Gasteiger partial charge in [0.2, 0.25) is 5.66 Å². The molecule has 7 heteroatoms. The van der Waals surface area contributed by atoms with E-state index in [1.165, 1.54) is 0 Å². The predicted molar refractivity (Wildman–Crippen MR) is 110 cm³/mol. The lowest BCUT2D eigenvalue weighted by Crippen LogP contribution is -2.52. The van der Waals surface area contributed by atoms with Crippen LogP contribution in [-0.4, -0.2) is 28.5 Å². The molecule has 2 heterocycles. The van der Waals surface area contributed by atoms with Crippen LogP contribution in [0.4, 0.5) is 11.4 Å². The quantitative estimate of drug-likeness (QED) is 0.563. The fourth-order valence-electron chi connectivity index (χ4n) is 4.12. The van der Waals surface area contributed by atoms with E-state index in [9.17, 15) is 4.79 Å². The van der Waals surface area contributed by atoms with E-state index in [0.717, 1.165) is 53.5 Å². The van der Waals surface area contributed by atoms with Gasteiger partial charge in [0, 0.05) is 28.4 Å². The fraction of sp³-hybridized carbons (Fsp3) is 0.286. The molecule has 4 N–H and O–H groups in total. The minimum absolute atomic E-state index is 0.128. The standard InChI is InChI=1S/C21H22N6O/c28-20(25-15-5-1-2-6-15)21(17-7-3-4-8-19(17)22-13-23-21)26-16-9-10-18-14(11-16)12-24-27-18/h3-4,7-13,15,26H,1-2,5-6H2,(H,22,23)(H,24,27)(H,25,28). The third kappa shape index (κ3) is 2.79. The van der Waals surface area contributed by atoms with Gasteiger partial charge in [-0.25, -0.2) is 4.99 Å². The van der Waals surface area contributed by atoms with E-state index in [1.807, 2.05) is 42.5 Å². The topological polar surface area (TPSA) is 94.2 Å². The minimum atomic E-state index is -1.22. The number of hydrogen-bond donors (Lipinski definition) is 4. The molecule has 28 heavy (non-hydrogen) atoms. The number of aromatic nitrogens is 2. The Labute approximate surface area is 162 Å². The Morgan fingerprint density at radius 1 is 1.14 bits per heavy atom. The molecule has 1 atom stereocenters. The smallest absolute Gasteiger partial charge is 0.273 e. The molecule has 0 bridgehead atoms. The third-order valence-electron chi connectivity index (χ3n) is 5.58. The summed E-state index contributed by atoms with van der Waals surface area (Å²) in [7, 11) is 0. The first-order chi connectivity index (χ1) is 13.7. The van der Waals surface area contributed by atoms with E-state index >= 15 is 0 Å². The fourth-order valence-corrected chi connectivity index (χ4v) is 4.12. The highest BCUT2D eigenvalue weighted by Gasteiger charge is 2.44. The highest BCUT2D eigenvalue weighted by molar-refractivity contribution is 5.98. The Hall–Kier alpha value is -3.35. The van der Waals surface area contributed by atoms with Crippen molar-refractivity contribution < 1.29 is 4.79 Å². The van der Waals surface area contributed by atoms with Crippen molar-refractivity contribution in [1.82, 2.24) is 15.5 Å². The van der Waals surface area contributed by atoms with Crippen LogP contribution in [0.5, 0.6) is 0 Å². The Kier molecular flexibility index (Phi) is 4.00. The summed E-state index contributed by atoms with van der Waals surface area (Å²) in [5.41, 5.74) is 2.21. The van der Waals surface area contributed by atoms with E-state index in [2.05, 4.69) is 31.1 Å². The predicted octanol–water partition coefficient (Wildman–Crippen LogP) is 3.34. The van der Waals surface area contributed by atoms with Crippen molar-refractivity contribution in [3.8, 4) is 0 Å². The second kappa shape index (κ2) is 6.67. The summed E-state index contributed by atoms with van der Waals surface area (Å²) in [5.74, 6) is -0.128. The number of rotatable bonds is 4. The molecule has 0 spiro atoms. The van der Waals surface area contributed by atoms with Crippen LogP contribution in [0, 0.1) is 0 Å². The highest BCUT2D eigenvalue weighted by Crippen LogP contribution is 2.36. The molecule has 1 amide bonds. The molecule has 5 rings (SSSR count). The molecule has 3 aromatic rings. The molecule has 0 radical (unpaired) electrons. The molecule has 142 valence electrons. The van der Waals surface area contributed by atoms with Crippen molar-refractivity contribution in [2.75, 3.05) is 10.6 Å². The van der Waals surface area contributed by atoms with Gasteiger partial charge in [0.25, 0.3) is 5.91 Å². The van der Waals surface area contributed by atoms with Gasteiger partial charge in [-0.3, -0.25) is 9.89 Å². The number of nitrogens with one attached hydrogen (secondary N) is 4. The van der Waals surface area contributed by atoms with Crippen LogP contribution in [-0.2, 0) is 10.5 Å². The number of amides is 1. The molecule has 1 saturated carbocycles. The molecule has 1 aliphatic heterocycles. The van der Waals surface area contributed by atoms with Crippen LogP contribution < -0.4 is 16.0 Å². The number of fused-ring (bicyclic) bond motifs is 2. The van der Waals surface area contributed by atoms with Crippen molar-refractivity contribution >= 4 is 34.5 Å². The van der Waals surface area contributed by atoms with E-state index in [0.29, 0.717) is 0 Å². The summed E-state index contributed by atoms with van der Waals surface area (Å²) in [4.78, 5) is 18.1. The molecule has 2 aromatic carbocycles. The molecular weight excluding hydrogens is 352 g/mol. The van der Waals surface area contributed by atoms with Crippen molar-refractivity contribution in [2.24, 2.45) is 4.99 Å². The zero-order chi connectivity index (χ0) is 19.0. The number of nitrogens with zero attached hydrogens (tertiary/aromatic N) is 2. The summed E-state index contributed by atoms with van der Waals surface area (Å²) in [6.07, 6.45) is 7.72. The van der Waals surface area contributed by atoms with Crippen LogP contribution in [0.2, 0.25) is 0 Å². The summed E-state index contributed by atoms with van der Waals surface area (Å²) in [6.45, 7) is 0. The summed E-state index contributed by atoms with van der Waals surface area (Å²) in [5, 5.41) is 17.8. The largest absolute Gasteiger partial charge is 0.350 e. The molecule has 1 aromatic heterocycles. The molecule has 1 fully saturated rings. The molecule has 2 aliphatic rings. The first-order valence-electron chi connectivity index (χ1n) is 9.67. The summed E-state index contributed by atoms with van der Waals surface area (Å²) in [6, 6.07) is 13.8. The van der Waals surface area contributed by atoms with Gasteiger partial charge in [-0.15, -0.1) is 0 Å². The van der Waals surface area contributed by atoms with Crippen molar-refractivity contribution in [3.05, 3.63) is 54.2 Å². The Balaban J connectivity index is 1.56. The van der Waals surface area contributed by atoms with Crippen LogP contribution in [0.15, 0.2) is 53.7 Å². The lowest BCUT2D eigenvalue weighted by molar-refractivity contribution is -0.126. The van der Waals surface area contributed by atoms with E-state index in [-0.39, 0.29) is 11.9 Å². The first-order valence-corrected chi connectivity index (χ1v) is 9.67. The maximum absolute atomic E-state index is 13.5. The Morgan fingerprint density at radius 2 is 2.00 bits per heavy atom. The second-order valence-electron chi connectivity index (χ2n) is 7.41. The van der Waals surface area contributed by atoms with Crippen LogP contribution in [0.25, 0.3) is 10.9 Å². The lowest BCUT2D eigenvalue weighted by atomic mass is 9.94. The zero-order valence-corrected chi connectivity index (χ0v) is 15.4. The molecule has 1 unspecified atom stereocenters. The zero-order valence-electron chi connectivity index (χ0n) is 15.4. The van der Waals surface area contributed by atoms with Crippen LogP contribution >= 0.6 is 0 Å². The van der Waals surface area contributed by atoms with E-state index < -0.39 is 5.66 Å². The maximum atomic E-state index is 13.5. The number of anilines is 2. The number of para-hydroxylation sites is 1. The molecule has 7 nitrogen and oxygen atoms in total. The van der Waals surface area contributed by atoms with Crippen LogP contribution in [0.1, 0.15) is 31.2 Å². The number of carbonyl (C=O) groups excluding carboxylic acids is 1. The maximum Gasteiger partial charge on any atom is 0.273 e. The van der Waals surface area contributed by atoms with E-state index in [1.54, 1.807) is 12.5 Å². The minimum Gasteiger partial charge on any atom is -0.350 e. The lowest BCUT2D eigenvalue weighted by Gasteiger charge is -2.35. The number of aliphatic imine (C=N–C) groups is 1. The van der Waals surface area contributed by atoms with Gasteiger partial charge in [-0.2, -0.15) is 5.10 Å². The monoisotopic (exact) mass is 374 g/mol. The third-order valence-corrected chi connectivity index (χ3v) is 5.58. The van der Waals surface area contributed by atoms with Gasteiger partial charge in [0.15, 0.2) is 0 Å². The Bertz CT molecular complexity index is 1050. The average molecular weight is 374 g/mol. The number of H-pyrrole nitrogens is 1. The van der Waals surface area contributed by atoms with Gasteiger partial charge in [-0.05, 0) is 37.1 Å². The Morgan fingerprint density at radius 3 is 2.89 bits per heavy atom. The summed E-state index contributed by atoms with van der Waals surface area (Å²) >= 11 is 0. The number of carbonyl (C=O) groups is 1.